The molecule has 1 amide bonds. The molecule has 1 aromatic heterocycles. The van der Waals surface area contributed by atoms with Crippen LogP contribution in [0.15, 0.2) is 58.8 Å². The number of nitrogens with one attached hydrogen (secondary N) is 1. The van der Waals surface area contributed by atoms with E-state index in [4.69, 9.17) is 0 Å². The molecule has 9 heteroatoms. The molecule has 0 aliphatic carbocycles. The fourth-order valence-electron chi connectivity index (χ4n) is 2.45. The van der Waals surface area contributed by atoms with Crippen LogP contribution in [0.2, 0.25) is 0 Å². The second-order valence-corrected chi connectivity index (χ2v) is 10.2. The third-order valence-electron chi connectivity index (χ3n) is 3.88. The molecule has 5 nitrogen and oxygen atoms in total. The molecule has 3 rings (SSSR count). The highest BCUT2D eigenvalue weighted by molar-refractivity contribution is 14.1. The fraction of sp³-hybridized carbons (Fsp3) is 0.158. The van der Waals surface area contributed by atoms with E-state index in [1.807, 2.05) is 29.6 Å². The quantitative estimate of drug-likeness (QED) is 0.354. The van der Waals surface area contributed by atoms with E-state index in [1.54, 1.807) is 0 Å². The summed E-state index contributed by atoms with van der Waals surface area (Å²) in [5.74, 6) is -0.970. The number of rotatable bonds is 7. The maximum atomic E-state index is 12.9. The number of hydrogen-bond acceptors (Lipinski definition) is 5. The number of sulfone groups is 1. The third kappa shape index (κ3) is 5.58. The van der Waals surface area contributed by atoms with E-state index in [9.17, 15) is 17.6 Å². The number of anilines is 1. The lowest BCUT2D eigenvalue weighted by atomic mass is 10.2. The highest BCUT2D eigenvalue weighted by Crippen LogP contribution is 2.25. The van der Waals surface area contributed by atoms with Gasteiger partial charge in [0, 0.05) is 20.9 Å². The first-order valence-electron chi connectivity index (χ1n) is 8.33. The minimum Gasteiger partial charge on any atom is -0.302 e. The molecule has 0 bridgehead atoms. The molecule has 146 valence electrons. The number of nitrogens with zero attached hydrogens (tertiary/aromatic N) is 1. The molecular formula is C19H16FIN2O3S2. The third-order valence-corrected chi connectivity index (χ3v) is 7.17. The van der Waals surface area contributed by atoms with Gasteiger partial charge in [-0.25, -0.2) is 17.8 Å². The molecule has 1 heterocycles. The summed E-state index contributed by atoms with van der Waals surface area (Å²) >= 11 is 3.54. The number of amides is 1. The number of carbonyl (C=O) groups excluding carboxylic acids is 1. The van der Waals surface area contributed by atoms with Gasteiger partial charge >= 0.3 is 0 Å². The van der Waals surface area contributed by atoms with E-state index in [0.29, 0.717) is 5.13 Å². The topological polar surface area (TPSA) is 76.1 Å². The van der Waals surface area contributed by atoms with Crippen molar-refractivity contribution < 1.29 is 17.6 Å². The first-order valence-corrected chi connectivity index (χ1v) is 11.9. The van der Waals surface area contributed by atoms with Crippen molar-refractivity contribution in [2.45, 2.75) is 17.7 Å². The van der Waals surface area contributed by atoms with Gasteiger partial charge < -0.3 is 5.32 Å². The molecule has 0 aliphatic heterocycles. The number of benzene rings is 2. The second-order valence-electron chi connectivity index (χ2n) is 5.97. The maximum Gasteiger partial charge on any atom is 0.226 e. The van der Waals surface area contributed by atoms with Crippen LogP contribution in [0, 0.1) is 9.39 Å². The van der Waals surface area contributed by atoms with E-state index in [1.165, 1.54) is 23.5 Å². The Morgan fingerprint density at radius 3 is 2.46 bits per heavy atom. The fourth-order valence-corrected chi connectivity index (χ4v) is 4.85. The predicted molar refractivity (Wildman–Crippen MR) is 117 cm³/mol. The van der Waals surface area contributed by atoms with Gasteiger partial charge in [-0.3, -0.25) is 4.79 Å². The zero-order valence-electron chi connectivity index (χ0n) is 14.6. The van der Waals surface area contributed by atoms with Crippen LogP contribution in [-0.4, -0.2) is 25.1 Å². The van der Waals surface area contributed by atoms with Crippen molar-refractivity contribution in [2.75, 3.05) is 11.1 Å². The summed E-state index contributed by atoms with van der Waals surface area (Å²) in [6, 6.07) is 12.6. The van der Waals surface area contributed by atoms with Crippen molar-refractivity contribution in [3.63, 3.8) is 0 Å². The first kappa shape index (κ1) is 20.9. The molecule has 0 unspecified atom stereocenters. The van der Waals surface area contributed by atoms with Crippen LogP contribution in [-0.2, 0) is 14.6 Å². The number of halogens is 2. The van der Waals surface area contributed by atoms with Crippen LogP contribution in [0.1, 0.15) is 12.8 Å². The highest BCUT2D eigenvalue weighted by atomic mass is 127. The van der Waals surface area contributed by atoms with Crippen molar-refractivity contribution in [3.05, 3.63) is 63.3 Å². The van der Waals surface area contributed by atoms with Gasteiger partial charge in [0.25, 0.3) is 0 Å². The predicted octanol–water partition coefficient (Wildman–Crippen LogP) is 4.75. The highest BCUT2D eigenvalue weighted by Gasteiger charge is 2.15. The van der Waals surface area contributed by atoms with Crippen molar-refractivity contribution in [1.29, 1.82) is 0 Å². The van der Waals surface area contributed by atoms with Crippen molar-refractivity contribution in [3.8, 4) is 11.3 Å². The lowest BCUT2D eigenvalue weighted by molar-refractivity contribution is -0.116. The minimum absolute atomic E-state index is 0.0522. The van der Waals surface area contributed by atoms with Gasteiger partial charge in [-0.2, -0.15) is 0 Å². The summed E-state index contributed by atoms with van der Waals surface area (Å²) < 4.78 is 38.4. The Kier molecular flexibility index (Phi) is 6.78. The van der Waals surface area contributed by atoms with Crippen LogP contribution >= 0.6 is 33.9 Å². The normalized spacial score (nSPS) is 11.4. The Morgan fingerprint density at radius 1 is 1.11 bits per heavy atom. The van der Waals surface area contributed by atoms with Gasteiger partial charge in [-0.1, -0.05) is 12.1 Å². The van der Waals surface area contributed by atoms with E-state index >= 15 is 0 Å². The Morgan fingerprint density at radius 2 is 1.79 bits per heavy atom. The van der Waals surface area contributed by atoms with Gasteiger partial charge in [0.2, 0.25) is 5.91 Å². The van der Waals surface area contributed by atoms with Gasteiger partial charge in [0.1, 0.15) is 5.82 Å². The van der Waals surface area contributed by atoms with Gasteiger partial charge in [0.15, 0.2) is 15.0 Å². The molecule has 1 N–H and O–H groups in total. The van der Waals surface area contributed by atoms with Crippen LogP contribution in [0.3, 0.4) is 0 Å². The Bertz CT molecular complexity index is 1070. The second kappa shape index (κ2) is 9.10. The minimum atomic E-state index is -3.54. The Balaban J connectivity index is 1.52. The van der Waals surface area contributed by atoms with Gasteiger partial charge in [0.05, 0.1) is 16.3 Å². The Labute approximate surface area is 180 Å². The number of carbonyl (C=O) groups is 1. The SMILES string of the molecule is O=C(CCCS(=O)(=O)c1ccc(F)cc1)Nc1nc(-c2ccc(I)cc2)cs1. The van der Waals surface area contributed by atoms with Gasteiger partial charge in [-0.15, -0.1) is 11.3 Å². The van der Waals surface area contributed by atoms with E-state index in [0.717, 1.165) is 27.0 Å². The van der Waals surface area contributed by atoms with Crippen LogP contribution < -0.4 is 5.32 Å². The maximum absolute atomic E-state index is 12.9. The summed E-state index contributed by atoms with van der Waals surface area (Å²) in [6.07, 6.45) is 0.222. The molecule has 2 aromatic carbocycles. The lowest BCUT2D eigenvalue weighted by Crippen LogP contribution is -2.14. The zero-order chi connectivity index (χ0) is 20.1. The van der Waals surface area contributed by atoms with E-state index in [-0.39, 0.29) is 29.4 Å². The van der Waals surface area contributed by atoms with Crippen LogP contribution in [0.4, 0.5) is 9.52 Å². The molecule has 0 saturated carbocycles. The molecular weight excluding hydrogens is 514 g/mol. The molecule has 0 atom stereocenters. The summed E-state index contributed by atoms with van der Waals surface area (Å²) in [5.41, 5.74) is 1.73. The molecule has 0 fully saturated rings. The van der Waals surface area contributed by atoms with E-state index in [2.05, 4.69) is 32.9 Å². The smallest absolute Gasteiger partial charge is 0.226 e. The lowest BCUT2D eigenvalue weighted by Gasteiger charge is -2.05. The van der Waals surface area contributed by atoms with Crippen molar-refractivity contribution >= 4 is 54.8 Å². The largest absolute Gasteiger partial charge is 0.302 e. The molecule has 0 radical (unpaired) electrons. The zero-order valence-corrected chi connectivity index (χ0v) is 18.4. The van der Waals surface area contributed by atoms with Crippen LogP contribution in [0.25, 0.3) is 11.3 Å². The standard InChI is InChI=1S/C19H16FIN2O3S2/c20-14-5-9-16(10-6-14)28(25,26)11-1-2-18(24)23-19-22-17(12-27-19)13-3-7-15(21)8-4-13/h3-10,12H,1-2,11H2,(H,22,23,24). The van der Waals surface area contributed by atoms with Crippen LogP contribution in [0.5, 0.6) is 0 Å². The van der Waals surface area contributed by atoms with E-state index < -0.39 is 15.7 Å². The molecule has 28 heavy (non-hydrogen) atoms. The molecule has 3 aromatic rings. The average Bonchev–Trinajstić information content (AvgIpc) is 3.11. The summed E-state index contributed by atoms with van der Waals surface area (Å²) in [4.78, 5) is 16.5. The molecule has 0 aliphatic rings. The average molecular weight is 530 g/mol. The molecule has 0 spiro atoms. The molecule has 0 saturated heterocycles. The van der Waals surface area contributed by atoms with Gasteiger partial charge in [-0.05, 0) is 65.4 Å². The summed E-state index contributed by atoms with van der Waals surface area (Å²) in [5, 5.41) is 5.03. The Hall–Kier alpha value is -1.85. The summed E-state index contributed by atoms with van der Waals surface area (Å²) in [7, 11) is -3.54. The van der Waals surface area contributed by atoms with Crippen molar-refractivity contribution in [1.82, 2.24) is 4.98 Å². The monoisotopic (exact) mass is 530 g/mol. The number of hydrogen-bond donors (Lipinski definition) is 1. The van der Waals surface area contributed by atoms with Crippen molar-refractivity contribution in [2.24, 2.45) is 0 Å². The summed E-state index contributed by atoms with van der Waals surface area (Å²) in [6.45, 7) is 0. The number of aromatic nitrogens is 1. The number of thiazole rings is 1. The first-order chi connectivity index (χ1) is 13.3.